The second-order valence-corrected chi connectivity index (χ2v) is 4.74. The first kappa shape index (κ1) is 15.6. The van der Waals surface area contributed by atoms with Gasteiger partial charge in [-0.1, -0.05) is 24.3 Å². The fourth-order valence-electron chi connectivity index (χ4n) is 2.20. The standard InChI is InChI=1S/C18H20N2O2/c1-3-6-15-7-4-5-8-18(15)22-13-16-11-14(12-20-19)9-10-17(16)21-2/h3-5,7-12H,1,6,13,19H2,2H3. The molecule has 2 aromatic carbocycles. The molecule has 4 heteroatoms. The number of nitrogens with zero attached hydrogens (tertiary/aromatic N) is 1. The van der Waals surface area contributed by atoms with E-state index in [-0.39, 0.29) is 0 Å². The number of hydrogen-bond donors (Lipinski definition) is 1. The minimum absolute atomic E-state index is 0.406. The van der Waals surface area contributed by atoms with Crippen molar-refractivity contribution in [3.63, 3.8) is 0 Å². The van der Waals surface area contributed by atoms with Crippen molar-refractivity contribution in [3.05, 3.63) is 71.8 Å². The Morgan fingerprint density at radius 3 is 2.68 bits per heavy atom. The Kier molecular flexibility index (Phi) is 5.60. The molecular weight excluding hydrogens is 276 g/mol. The fraction of sp³-hybridized carbons (Fsp3) is 0.167. The van der Waals surface area contributed by atoms with Crippen molar-refractivity contribution in [2.45, 2.75) is 13.0 Å². The zero-order valence-electron chi connectivity index (χ0n) is 12.7. The predicted octanol–water partition coefficient (Wildman–Crippen LogP) is 3.30. The van der Waals surface area contributed by atoms with Gasteiger partial charge in [-0.05, 0) is 41.8 Å². The Morgan fingerprint density at radius 2 is 1.95 bits per heavy atom. The number of benzene rings is 2. The van der Waals surface area contributed by atoms with Gasteiger partial charge < -0.3 is 15.3 Å². The lowest BCUT2D eigenvalue weighted by atomic mass is 10.1. The second-order valence-electron chi connectivity index (χ2n) is 4.74. The Hall–Kier alpha value is -2.75. The van der Waals surface area contributed by atoms with Crippen molar-refractivity contribution in [2.24, 2.45) is 10.9 Å². The first-order valence-electron chi connectivity index (χ1n) is 7.00. The van der Waals surface area contributed by atoms with Gasteiger partial charge in [0.05, 0.1) is 13.3 Å². The third-order valence-corrected chi connectivity index (χ3v) is 3.25. The van der Waals surface area contributed by atoms with Crippen LogP contribution in [0.2, 0.25) is 0 Å². The Balaban J connectivity index is 2.20. The van der Waals surface area contributed by atoms with Crippen molar-refractivity contribution >= 4 is 6.21 Å². The van der Waals surface area contributed by atoms with Crippen molar-refractivity contribution in [2.75, 3.05) is 7.11 Å². The van der Waals surface area contributed by atoms with E-state index in [0.29, 0.717) is 6.61 Å². The Morgan fingerprint density at radius 1 is 1.14 bits per heavy atom. The number of hydrazone groups is 1. The van der Waals surface area contributed by atoms with Gasteiger partial charge in [-0.2, -0.15) is 5.10 Å². The maximum atomic E-state index is 5.95. The summed E-state index contributed by atoms with van der Waals surface area (Å²) < 4.78 is 11.3. The monoisotopic (exact) mass is 296 g/mol. The summed E-state index contributed by atoms with van der Waals surface area (Å²) in [7, 11) is 1.64. The third-order valence-electron chi connectivity index (χ3n) is 3.25. The maximum Gasteiger partial charge on any atom is 0.125 e. The summed E-state index contributed by atoms with van der Waals surface area (Å²) in [5, 5.41) is 3.54. The molecule has 0 spiro atoms. The summed E-state index contributed by atoms with van der Waals surface area (Å²) in [6.45, 7) is 4.18. The van der Waals surface area contributed by atoms with Gasteiger partial charge >= 0.3 is 0 Å². The average Bonchev–Trinajstić information content (AvgIpc) is 2.55. The van der Waals surface area contributed by atoms with E-state index >= 15 is 0 Å². The van der Waals surface area contributed by atoms with E-state index in [1.165, 1.54) is 0 Å². The van der Waals surface area contributed by atoms with Crippen molar-refractivity contribution in [1.82, 2.24) is 0 Å². The van der Waals surface area contributed by atoms with E-state index < -0.39 is 0 Å². The van der Waals surface area contributed by atoms with E-state index in [2.05, 4.69) is 11.7 Å². The molecule has 2 aromatic rings. The molecule has 2 rings (SSSR count). The smallest absolute Gasteiger partial charge is 0.125 e. The molecule has 0 aliphatic rings. The molecule has 0 aliphatic heterocycles. The molecule has 0 aromatic heterocycles. The number of nitrogens with two attached hydrogens (primary N) is 1. The van der Waals surface area contributed by atoms with Gasteiger partial charge in [-0.25, -0.2) is 0 Å². The van der Waals surface area contributed by atoms with E-state index in [1.807, 2.05) is 48.5 Å². The molecule has 0 atom stereocenters. The third kappa shape index (κ3) is 3.88. The molecule has 0 bridgehead atoms. The minimum Gasteiger partial charge on any atom is -0.496 e. The molecule has 114 valence electrons. The Bertz CT molecular complexity index is 666. The number of hydrogen-bond acceptors (Lipinski definition) is 4. The van der Waals surface area contributed by atoms with Gasteiger partial charge in [-0.15, -0.1) is 6.58 Å². The summed E-state index contributed by atoms with van der Waals surface area (Å²) in [6.07, 6.45) is 4.23. The van der Waals surface area contributed by atoms with Crippen LogP contribution in [0.3, 0.4) is 0 Å². The quantitative estimate of drug-likeness (QED) is 0.369. The van der Waals surface area contributed by atoms with Crippen LogP contribution < -0.4 is 15.3 Å². The van der Waals surface area contributed by atoms with E-state index in [9.17, 15) is 0 Å². The zero-order chi connectivity index (χ0) is 15.8. The summed E-state index contributed by atoms with van der Waals surface area (Å²) in [4.78, 5) is 0. The second kappa shape index (κ2) is 7.88. The minimum atomic E-state index is 0.406. The first-order valence-corrected chi connectivity index (χ1v) is 7.00. The van der Waals surface area contributed by atoms with Crippen LogP contribution in [0.15, 0.2) is 60.2 Å². The highest BCUT2D eigenvalue weighted by Gasteiger charge is 2.07. The average molecular weight is 296 g/mol. The van der Waals surface area contributed by atoms with Crippen LogP contribution in [0, 0.1) is 0 Å². The lowest BCUT2D eigenvalue weighted by molar-refractivity contribution is 0.294. The Labute approximate surface area is 130 Å². The van der Waals surface area contributed by atoms with Crippen LogP contribution in [0.25, 0.3) is 0 Å². The summed E-state index contributed by atoms with van der Waals surface area (Å²) in [5.41, 5.74) is 2.95. The number of rotatable bonds is 7. The fourth-order valence-corrected chi connectivity index (χ4v) is 2.20. The molecule has 4 nitrogen and oxygen atoms in total. The van der Waals surface area contributed by atoms with Crippen LogP contribution in [0.1, 0.15) is 16.7 Å². The topological polar surface area (TPSA) is 56.8 Å². The van der Waals surface area contributed by atoms with Gasteiger partial charge in [-0.3, -0.25) is 0 Å². The predicted molar refractivity (Wildman–Crippen MR) is 89.5 cm³/mol. The highest BCUT2D eigenvalue weighted by atomic mass is 16.5. The number of methoxy groups -OCH3 is 1. The zero-order valence-corrected chi connectivity index (χ0v) is 12.7. The number of allylic oxidation sites excluding steroid dienone is 1. The summed E-state index contributed by atoms with van der Waals surface area (Å²) in [6, 6.07) is 13.7. The molecule has 0 aliphatic carbocycles. The molecule has 0 amide bonds. The molecule has 0 heterocycles. The first-order chi connectivity index (χ1) is 10.8. The lowest BCUT2D eigenvalue weighted by Crippen LogP contribution is -2.02. The van der Waals surface area contributed by atoms with Crippen molar-refractivity contribution in [3.8, 4) is 11.5 Å². The lowest BCUT2D eigenvalue weighted by Gasteiger charge is -2.13. The molecule has 0 fully saturated rings. The van der Waals surface area contributed by atoms with Gasteiger partial charge in [0.2, 0.25) is 0 Å². The van der Waals surface area contributed by atoms with Crippen LogP contribution >= 0.6 is 0 Å². The molecular formula is C18H20N2O2. The SMILES string of the molecule is C=CCc1ccccc1OCc1cc(C=NN)ccc1OC. The molecule has 22 heavy (non-hydrogen) atoms. The normalized spacial score (nSPS) is 10.6. The van der Waals surface area contributed by atoms with Crippen LogP contribution in [0.4, 0.5) is 0 Å². The van der Waals surface area contributed by atoms with Crippen LogP contribution in [-0.4, -0.2) is 13.3 Å². The van der Waals surface area contributed by atoms with E-state index in [4.69, 9.17) is 15.3 Å². The van der Waals surface area contributed by atoms with E-state index in [0.717, 1.165) is 34.6 Å². The van der Waals surface area contributed by atoms with Gasteiger partial charge in [0.1, 0.15) is 18.1 Å². The van der Waals surface area contributed by atoms with Gasteiger partial charge in [0.25, 0.3) is 0 Å². The van der Waals surface area contributed by atoms with Crippen molar-refractivity contribution < 1.29 is 9.47 Å². The molecule has 2 N–H and O–H groups in total. The molecule has 0 radical (unpaired) electrons. The number of para-hydroxylation sites is 1. The van der Waals surface area contributed by atoms with Crippen LogP contribution in [-0.2, 0) is 13.0 Å². The van der Waals surface area contributed by atoms with E-state index in [1.54, 1.807) is 13.3 Å². The largest absolute Gasteiger partial charge is 0.496 e. The molecule has 0 saturated carbocycles. The molecule has 0 saturated heterocycles. The maximum absolute atomic E-state index is 5.95. The van der Waals surface area contributed by atoms with Gasteiger partial charge in [0, 0.05) is 5.56 Å². The highest BCUT2D eigenvalue weighted by molar-refractivity contribution is 5.80. The summed E-state index contributed by atoms with van der Waals surface area (Å²) >= 11 is 0. The van der Waals surface area contributed by atoms with Crippen molar-refractivity contribution in [1.29, 1.82) is 0 Å². The highest BCUT2D eigenvalue weighted by Crippen LogP contribution is 2.24. The summed E-state index contributed by atoms with van der Waals surface area (Å²) in [5.74, 6) is 6.82. The number of ether oxygens (including phenoxy) is 2. The van der Waals surface area contributed by atoms with Crippen LogP contribution in [0.5, 0.6) is 11.5 Å². The van der Waals surface area contributed by atoms with Gasteiger partial charge in [0.15, 0.2) is 0 Å². The molecule has 0 unspecified atom stereocenters.